The first kappa shape index (κ1) is 11.8. The molecule has 3 nitrogen and oxygen atoms in total. The van der Waals surface area contributed by atoms with Crippen molar-refractivity contribution in [3.8, 4) is 0 Å². The first-order chi connectivity index (χ1) is 8.75. The lowest BCUT2D eigenvalue weighted by molar-refractivity contribution is -0.0346. The maximum Gasteiger partial charge on any atom is 0.195 e. The minimum atomic E-state index is -0.517. The van der Waals surface area contributed by atoms with Gasteiger partial charge in [-0.1, -0.05) is 12.1 Å². The standard InChI is InChI=1S/C14H16FNO2/c15-12-6-2-1-5-11(12)14(17)13-8-16-7-3-4-10(16)9-18-13/h1-2,5-6,10,13H,3-4,7-9H2. The third-order valence-electron chi connectivity index (χ3n) is 3.82. The number of Topliss-reactive ketones (excluding diaryl/α,β-unsaturated/α-hetero) is 1. The Morgan fingerprint density at radius 2 is 2.22 bits per heavy atom. The maximum atomic E-state index is 13.6. The van der Waals surface area contributed by atoms with Crippen LogP contribution in [0.3, 0.4) is 0 Å². The number of carbonyl (C=O) groups excluding carboxylic acids is 1. The van der Waals surface area contributed by atoms with Crippen molar-refractivity contribution in [2.24, 2.45) is 0 Å². The van der Waals surface area contributed by atoms with Crippen LogP contribution >= 0.6 is 0 Å². The monoisotopic (exact) mass is 249 g/mol. The number of ketones is 1. The highest BCUT2D eigenvalue weighted by atomic mass is 19.1. The number of hydrogen-bond acceptors (Lipinski definition) is 3. The van der Waals surface area contributed by atoms with Crippen molar-refractivity contribution in [3.05, 3.63) is 35.6 Å². The van der Waals surface area contributed by atoms with Crippen molar-refractivity contribution >= 4 is 5.78 Å². The van der Waals surface area contributed by atoms with Crippen molar-refractivity contribution in [1.29, 1.82) is 0 Å². The molecule has 0 radical (unpaired) electrons. The second kappa shape index (κ2) is 4.78. The number of nitrogens with zero attached hydrogens (tertiary/aromatic N) is 1. The molecule has 0 spiro atoms. The van der Waals surface area contributed by atoms with Gasteiger partial charge in [-0.25, -0.2) is 4.39 Å². The number of fused-ring (bicyclic) bond motifs is 1. The lowest BCUT2D eigenvalue weighted by Gasteiger charge is -2.34. The second-order valence-corrected chi connectivity index (χ2v) is 4.96. The zero-order valence-electron chi connectivity index (χ0n) is 10.1. The fraction of sp³-hybridized carbons (Fsp3) is 0.500. The Labute approximate surface area is 106 Å². The van der Waals surface area contributed by atoms with Gasteiger partial charge >= 0.3 is 0 Å². The number of carbonyl (C=O) groups is 1. The number of halogens is 1. The van der Waals surface area contributed by atoms with Crippen LogP contribution in [0.1, 0.15) is 23.2 Å². The molecule has 2 saturated heterocycles. The van der Waals surface area contributed by atoms with Gasteiger partial charge in [0, 0.05) is 12.6 Å². The minimum Gasteiger partial charge on any atom is -0.367 e. The van der Waals surface area contributed by atoms with Crippen molar-refractivity contribution in [3.63, 3.8) is 0 Å². The Hall–Kier alpha value is -1.26. The van der Waals surface area contributed by atoms with Crippen molar-refractivity contribution in [1.82, 2.24) is 4.90 Å². The van der Waals surface area contributed by atoms with E-state index in [9.17, 15) is 9.18 Å². The molecule has 1 aromatic rings. The van der Waals surface area contributed by atoms with Crippen LogP contribution in [0, 0.1) is 5.82 Å². The van der Waals surface area contributed by atoms with Crippen LogP contribution in [0.25, 0.3) is 0 Å². The van der Waals surface area contributed by atoms with Crippen LogP contribution in [-0.4, -0.2) is 42.5 Å². The van der Waals surface area contributed by atoms with Crippen LogP contribution < -0.4 is 0 Å². The molecule has 18 heavy (non-hydrogen) atoms. The molecule has 2 unspecified atom stereocenters. The van der Waals surface area contributed by atoms with Gasteiger partial charge in [-0.15, -0.1) is 0 Å². The Morgan fingerprint density at radius 3 is 3.06 bits per heavy atom. The van der Waals surface area contributed by atoms with E-state index < -0.39 is 11.9 Å². The Morgan fingerprint density at radius 1 is 1.39 bits per heavy atom. The van der Waals surface area contributed by atoms with E-state index in [4.69, 9.17) is 4.74 Å². The van der Waals surface area contributed by atoms with Crippen molar-refractivity contribution < 1.29 is 13.9 Å². The van der Waals surface area contributed by atoms with Gasteiger partial charge < -0.3 is 4.74 Å². The van der Waals surface area contributed by atoms with Crippen LogP contribution in [0.5, 0.6) is 0 Å². The predicted octanol–water partition coefficient (Wildman–Crippen LogP) is 1.87. The number of ether oxygens (including phenoxy) is 1. The molecule has 2 aliphatic heterocycles. The fourth-order valence-electron chi connectivity index (χ4n) is 2.81. The average Bonchev–Trinajstić information content (AvgIpc) is 2.85. The SMILES string of the molecule is O=C(c1ccccc1F)C1CN2CCCC2CO1. The van der Waals surface area contributed by atoms with E-state index in [1.165, 1.54) is 12.1 Å². The summed E-state index contributed by atoms with van der Waals surface area (Å²) in [5.74, 6) is -0.701. The van der Waals surface area contributed by atoms with Gasteiger partial charge in [0.15, 0.2) is 5.78 Å². The van der Waals surface area contributed by atoms with Crippen LogP contribution in [0.15, 0.2) is 24.3 Å². The number of benzene rings is 1. The molecule has 0 saturated carbocycles. The molecular weight excluding hydrogens is 233 g/mol. The third-order valence-corrected chi connectivity index (χ3v) is 3.82. The van der Waals surface area contributed by atoms with E-state index in [2.05, 4.69) is 4.90 Å². The van der Waals surface area contributed by atoms with E-state index >= 15 is 0 Å². The summed E-state index contributed by atoms with van der Waals surface area (Å²) in [4.78, 5) is 14.5. The van der Waals surface area contributed by atoms with Crippen LogP contribution in [0.4, 0.5) is 4.39 Å². The first-order valence-electron chi connectivity index (χ1n) is 6.40. The summed E-state index contributed by atoms with van der Waals surface area (Å²) in [6, 6.07) is 6.56. The van der Waals surface area contributed by atoms with E-state index in [-0.39, 0.29) is 11.3 Å². The maximum absolute atomic E-state index is 13.6. The average molecular weight is 249 g/mol. The normalized spacial score (nSPS) is 28.1. The number of rotatable bonds is 2. The number of morpholine rings is 1. The van der Waals surface area contributed by atoms with Gasteiger partial charge in [0.1, 0.15) is 11.9 Å². The van der Waals surface area contributed by atoms with Gasteiger partial charge in [-0.2, -0.15) is 0 Å². The Bertz CT molecular complexity index is 463. The summed E-state index contributed by atoms with van der Waals surface area (Å²) < 4.78 is 19.2. The van der Waals surface area contributed by atoms with Crippen LogP contribution in [0.2, 0.25) is 0 Å². The molecule has 2 aliphatic rings. The van der Waals surface area contributed by atoms with Crippen molar-refractivity contribution in [2.45, 2.75) is 25.0 Å². The molecule has 0 aromatic heterocycles. The summed E-state index contributed by atoms with van der Waals surface area (Å²) in [5.41, 5.74) is 0.139. The van der Waals surface area contributed by atoms with E-state index in [1.54, 1.807) is 12.1 Å². The van der Waals surface area contributed by atoms with E-state index in [0.29, 0.717) is 19.2 Å². The zero-order chi connectivity index (χ0) is 12.5. The van der Waals surface area contributed by atoms with Gasteiger partial charge in [0.05, 0.1) is 12.2 Å². The summed E-state index contributed by atoms with van der Waals surface area (Å²) in [5, 5.41) is 0. The molecule has 96 valence electrons. The second-order valence-electron chi connectivity index (χ2n) is 4.96. The zero-order valence-corrected chi connectivity index (χ0v) is 10.1. The lowest BCUT2D eigenvalue weighted by Crippen LogP contribution is -2.49. The summed E-state index contributed by atoms with van der Waals surface area (Å²) in [6.07, 6.45) is 1.78. The lowest BCUT2D eigenvalue weighted by atomic mass is 10.0. The molecule has 2 atom stereocenters. The van der Waals surface area contributed by atoms with E-state index in [1.807, 2.05) is 0 Å². The summed E-state index contributed by atoms with van der Waals surface area (Å²) in [6.45, 7) is 2.21. The van der Waals surface area contributed by atoms with Crippen LogP contribution in [-0.2, 0) is 4.74 Å². The van der Waals surface area contributed by atoms with Gasteiger partial charge in [-0.3, -0.25) is 9.69 Å². The number of hydrogen-bond donors (Lipinski definition) is 0. The third kappa shape index (κ3) is 2.06. The topological polar surface area (TPSA) is 29.5 Å². The molecule has 0 bridgehead atoms. The Kier molecular flexibility index (Phi) is 3.14. The summed E-state index contributed by atoms with van der Waals surface area (Å²) >= 11 is 0. The quantitative estimate of drug-likeness (QED) is 0.749. The highest BCUT2D eigenvalue weighted by molar-refractivity contribution is 5.99. The Balaban J connectivity index is 1.75. The first-order valence-corrected chi connectivity index (χ1v) is 6.40. The molecule has 2 fully saturated rings. The van der Waals surface area contributed by atoms with Gasteiger partial charge in [0.25, 0.3) is 0 Å². The predicted molar refractivity (Wildman–Crippen MR) is 65.1 cm³/mol. The van der Waals surface area contributed by atoms with Crippen molar-refractivity contribution in [2.75, 3.05) is 19.7 Å². The molecular formula is C14H16FNO2. The van der Waals surface area contributed by atoms with Gasteiger partial charge in [0.2, 0.25) is 0 Å². The van der Waals surface area contributed by atoms with E-state index in [0.717, 1.165) is 19.4 Å². The molecule has 4 heteroatoms. The largest absolute Gasteiger partial charge is 0.367 e. The molecule has 0 aliphatic carbocycles. The molecule has 2 heterocycles. The molecule has 0 N–H and O–H groups in total. The molecule has 1 aromatic carbocycles. The molecule has 3 rings (SSSR count). The summed E-state index contributed by atoms with van der Waals surface area (Å²) in [7, 11) is 0. The highest BCUT2D eigenvalue weighted by Gasteiger charge is 2.36. The smallest absolute Gasteiger partial charge is 0.195 e. The van der Waals surface area contributed by atoms with Gasteiger partial charge in [-0.05, 0) is 31.5 Å². The highest BCUT2D eigenvalue weighted by Crippen LogP contribution is 2.24. The fourth-order valence-corrected chi connectivity index (χ4v) is 2.81. The molecule has 0 amide bonds. The minimum absolute atomic E-state index is 0.139.